The molecule has 1 aliphatic rings. The predicted octanol–water partition coefficient (Wildman–Crippen LogP) is 1.27. The zero-order valence-electron chi connectivity index (χ0n) is 8.66. The van der Waals surface area contributed by atoms with Crippen LogP contribution in [0.5, 0.6) is 0 Å². The second-order valence-electron chi connectivity index (χ2n) is 3.89. The van der Waals surface area contributed by atoms with Gasteiger partial charge in [-0.1, -0.05) is 11.3 Å². The highest BCUT2D eigenvalue weighted by molar-refractivity contribution is 7.91. The van der Waals surface area contributed by atoms with E-state index in [1.165, 1.54) is 11.4 Å². The lowest BCUT2D eigenvalue weighted by atomic mass is 9.99. The van der Waals surface area contributed by atoms with E-state index in [0.29, 0.717) is 6.42 Å². The van der Waals surface area contributed by atoms with E-state index in [2.05, 4.69) is 0 Å². The number of sulfone groups is 1. The van der Waals surface area contributed by atoms with Gasteiger partial charge in [0.1, 0.15) is 0 Å². The summed E-state index contributed by atoms with van der Waals surface area (Å²) in [5.74, 6) is -0.977. The molecule has 0 bridgehead atoms. The third-order valence-corrected chi connectivity index (χ3v) is 5.30. The van der Waals surface area contributed by atoms with Crippen molar-refractivity contribution in [3.05, 3.63) is 27.1 Å². The molecule has 0 aromatic carbocycles. The lowest BCUT2D eigenvalue weighted by Gasteiger charge is -2.03. The van der Waals surface area contributed by atoms with E-state index in [9.17, 15) is 23.3 Å². The molecule has 1 atom stereocenters. The van der Waals surface area contributed by atoms with Crippen molar-refractivity contribution in [1.82, 2.24) is 0 Å². The standard InChI is InChI=1S/C9H9NO5S2/c11-9(6-1-2-17(14,15)5-6)7-3-8(10(12)13)16-4-7/h3-4,6H,1-2,5H2. The summed E-state index contributed by atoms with van der Waals surface area (Å²) < 4.78 is 22.5. The van der Waals surface area contributed by atoms with Crippen molar-refractivity contribution in [3.8, 4) is 0 Å². The molecular formula is C9H9NO5S2. The molecule has 1 aromatic heterocycles. The summed E-state index contributed by atoms with van der Waals surface area (Å²) in [6, 6.07) is 1.21. The highest BCUT2D eigenvalue weighted by atomic mass is 32.2. The fraction of sp³-hybridized carbons (Fsp3) is 0.444. The largest absolute Gasteiger partial charge is 0.324 e. The Balaban J connectivity index is 2.18. The molecule has 0 spiro atoms. The van der Waals surface area contributed by atoms with Crippen LogP contribution in [0.4, 0.5) is 5.00 Å². The van der Waals surface area contributed by atoms with Crippen LogP contribution in [0.2, 0.25) is 0 Å². The lowest BCUT2D eigenvalue weighted by molar-refractivity contribution is -0.380. The van der Waals surface area contributed by atoms with Crippen LogP contribution in [0.3, 0.4) is 0 Å². The normalized spacial score (nSPS) is 22.5. The fourth-order valence-electron chi connectivity index (χ4n) is 1.79. The molecule has 0 radical (unpaired) electrons. The quantitative estimate of drug-likeness (QED) is 0.470. The van der Waals surface area contributed by atoms with Crippen LogP contribution in [0.1, 0.15) is 16.8 Å². The van der Waals surface area contributed by atoms with Crippen molar-refractivity contribution in [2.24, 2.45) is 5.92 Å². The number of nitro groups is 1. The summed E-state index contributed by atoms with van der Waals surface area (Å²) in [6.07, 6.45) is 0.310. The highest BCUT2D eigenvalue weighted by Gasteiger charge is 2.34. The van der Waals surface area contributed by atoms with E-state index in [4.69, 9.17) is 0 Å². The summed E-state index contributed by atoms with van der Waals surface area (Å²) in [7, 11) is -3.11. The molecule has 2 rings (SSSR count). The average Bonchev–Trinajstić information content (AvgIpc) is 2.83. The van der Waals surface area contributed by atoms with Crippen LogP contribution in [-0.2, 0) is 9.84 Å². The molecule has 0 N–H and O–H groups in total. The van der Waals surface area contributed by atoms with Crippen molar-refractivity contribution in [2.45, 2.75) is 6.42 Å². The SMILES string of the molecule is O=C(c1csc([N+](=O)[O-])c1)C1CCS(=O)(=O)C1. The molecule has 2 heterocycles. The maximum atomic E-state index is 11.9. The number of Topliss-reactive ketones (excluding diaryl/α,β-unsaturated/α-hetero) is 1. The highest BCUT2D eigenvalue weighted by Crippen LogP contribution is 2.28. The number of rotatable bonds is 3. The van der Waals surface area contributed by atoms with Gasteiger partial charge < -0.3 is 0 Å². The second kappa shape index (κ2) is 4.19. The molecule has 1 fully saturated rings. The fourth-order valence-corrected chi connectivity index (χ4v) is 4.24. The maximum absolute atomic E-state index is 11.9. The number of carbonyl (C=O) groups excluding carboxylic acids is 1. The monoisotopic (exact) mass is 275 g/mol. The smallest absolute Gasteiger partial charge is 0.294 e. The first-order chi connectivity index (χ1) is 7.89. The second-order valence-corrected chi connectivity index (χ2v) is 7.01. The Morgan fingerprint density at radius 2 is 2.24 bits per heavy atom. The van der Waals surface area contributed by atoms with Gasteiger partial charge in [-0.2, -0.15) is 0 Å². The first-order valence-electron chi connectivity index (χ1n) is 4.86. The van der Waals surface area contributed by atoms with Crippen LogP contribution in [0.25, 0.3) is 0 Å². The molecule has 0 saturated carbocycles. The van der Waals surface area contributed by atoms with Gasteiger partial charge in [0, 0.05) is 22.9 Å². The van der Waals surface area contributed by atoms with Crippen LogP contribution in [0.15, 0.2) is 11.4 Å². The van der Waals surface area contributed by atoms with Gasteiger partial charge in [-0.15, -0.1) is 0 Å². The summed E-state index contributed by atoms with van der Waals surface area (Å²) in [5.41, 5.74) is 0.240. The number of ketones is 1. The van der Waals surface area contributed by atoms with Gasteiger partial charge in [-0.3, -0.25) is 14.9 Å². The molecule has 6 nitrogen and oxygen atoms in total. The molecule has 0 amide bonds. The third kappa shape index (κ3) is 2.52. The van der Waals surface area contributed by atoms with Crippen LogP contribution < -0.4 is 0 Å². The first-order valence-corrected chi connectivity index (χ1v) is 7.57. The summed E-state index contributed by atoms with van der Waals surface area (Å²) >= 11 is 0.875. The van der Waals surface area contributed by atoms with Gasteiger partial charge in [-0.05, 0) is 6.42 Å². The van der Waals surface area contributed by atoms with Crippen molar-refractivity contribution >= 4 is 32.0 Å². The van der Waals surface area contributed by atoms with E-state index in [1.54, 1.807) is 0 Å². The van der Waals surface area contributed by atoms with Crippen molar-refractivity contribution < 1.29 is 18.1 Å². The molecule has 1 saturated heterocycles. The first kappa shape index (κ1) is 12.2. The number of nitrogens with zero attached hydrogens (tertiary/aromatic N) is 1. The Morgan fingerprint density at radius 3 is 2.71 bits per heavy atom. The molecule has 1 unspecified atom stereocenters. The Morgan fingerprint density at radius 1 is 1.53 bits per heavy atom. The van der Waals surface area contributed by atoms with Crippen molar-refractivity contribution in [1.29, 1.82) is 0 Å². The number of hydrogen-bond donors (Lipinski definition) is 0. The molecule has 8 heteroatoms. The van der Waals surface area contributed by atoms with Gasteiger partial charge in [-0.25, -0.2) is 8.42 Å². The predicted molar refractivity (Wildman–Crippen MR) is 62.1 cm³/mol. The van der Waals surface area contributed by atoms with Gasteiger partial charge in [0.15, 0.2) is 15.6 Å². The average molecular weight is 275 g/mol. The minimum atomic E-state index is -3.11. The third-order valence-electron chi connectivity index (χ3n) is 2.65. The van der Waals surface area contributed by atoms with Gasteiger partial charge in [0.2, 0.25) is 0 Å². The van der Waals surface area contributed by atoms with Crippen LogP contribution in [0, 0.1) is 16.0 Å². The number of thiophene rings is 1. The van der Waals surface area contributed by atoms with E-state index in [0.717, 1.165) is 11.3 Å². The zero-order valence-corrected chi connectivity index (χ0v) is 10.3. The summed E-state index contributed by atoms with van der Waals surface area (Å²) in [6.45, 7) is 0. The van der Waals surface area contributed by atoms with E-state index < -0.39 is 20.7 Å². The Kier molecular flexibility index (Phi) is 3.00. The number of hydrogen-bond acceptors (Lipinski definition) is 6. The Bertz CT molecular complexity index is 574. The molecule has 92 valence electrons. The van der Waals surface area contributed by atoms with Gasteiger partial charge in [0.25, 0.3) is 0 Å². The molecule has 1 aromatic rings. The van der Waals surface area contributed by atoms with Crippen LogP contribution in [-0.4, -0.2) is 30.6 Å². The Labute approximate surface area is 101 Å². The lowest BCUT2D eigenvalue weighted by Crippen LogP contribution is -2.15. The zero-order chi connectivity index (χ0) is 12.6. The summed E-state index contributed by atoms with van der Waals surface area (Å²) in [5, 5.41) is 11.8. The van der Waals surface area contributed by atoms with Crippen molar-refractivity contribution in [3.63, 3.8) is 0 Å². The maximum Gasteiger partial charge on any atom is 0.324 e. The minimum absolute atomic E-state index is 0.0234. The van der Waals surface area contributed by atoms with E-state index in [1.807, 2.05) is 0 Å². The summed E-state index contributed by atoms with van der Waals surface area (Å²) in [4.78, 5) is 21.8. The molecule has 17 heavy (non-hydrogen) atoms. The van der Waals surface area contributed by atoms with E-state index >= 15 is 0 Å². The topological polar surface area (TPSA) is 94.3 Å². The van der Waals surface area contributed by atoms with Crippen molar-refractivity contribution in [2.75, 3.05) is 11.5 Å². The molecular weight excluding hydrogens is 266 g/mol. The van der Waals surface area contributed by atoms with E-state index in [-0.39, 0.29) is 27.9 Å². The minimum Gasteiger partial charge on any atom is -0.294 e. The number of carbonyl (C=O) groups is 1. The van der Waals surface area contributed by atoms with Crippen LogP contribution >= 0.6 is 11.3 Å². The van der Waals surface area contributed by atoms with Gasteiger partial charge in [0.05, 0.1) is 16.4 Å². The Hall–Kier alpha value is -1.28. The molecule has 1 aliphatic heterocycles. The molecule has 0 aliphatic carbocycles. The van der Waals surface area contributed by atoms with Gasteiger partial charge >= 0.3 is 5.00 Å².